The van der Waals surface area contributed by atoms with Gasteiger partial charge in [0.25, 0.3) is 5.91 Å². The molecule has 0 aliphatic rings. The van der Waals surface area contributed by atoms with Crippen molar-refractivity contribution in [2.24, 2.45) is 0 Å². The Kier molecular flexibility index (Phi) is 6.79. The number of carbonyl (C=O) groups excluding carboxylic acids is 1. The summed E-state index contributed by atoms with van der Waals surface area (Å²) in [4.78, 5) is 12.0. The van der Waals surface area contributed by atoms with Gasteiger partial charge in [-0.05, 0) is 18.6 Å². The molecule has 1 unspecified atom stereocenters. The zero-order chi connectivity index (χ0) is 13.5. The van der Waals surface area contributed by atoms with E-state index in [1.807, 2.05) is 0 Å². The van der Waals surface area contributed by atoms with Crippen LogP contribution >= 0.6 is 34.8 Å². The highest BCUT2D eigenvalue weighted by Crippen LogP contribution is 2.24. The van der Waals surface area contributed by atoms with Gasteiger partial charge in [0.05, 0.1) is 15.6 Å². The van der Waals surface area contributed by atoms with Crippen LogP contribution in [0.1, 0.15) is 16.8 Å². The lowest BCUT2D eigenvalue weighted by Gasteiger charge is -2.16. The van der Waals surface area contributed by atoms with E-state index in [9.17, 15) is 4.79 Å². The molecule has 1 amide bonds. The second kappa shape index (κ2) is 7.85. The second-order valence-corrected chi connectivity index (χ2v) is 4.83. The normalized spacial score (nSPS) is 12.2. The van der Waals surface area contributed by atoms with Crippen LogP contribution in [0.3, 0.4) is 0 Å². The Morgan fingerprint density at radius 3 is 2.50 bits per heavy atom. The predicted octanol–water partition coefficient (Wildman–Crippen LogP) is 3.37. The topological polar surface area (TPSA) is 38.3 Å². The maximum Gasteiger partial charge on any atom is 0.254 e. The van der Waals surface area contributed by atoms with E-state index in [4.69, 9.17) is 39.5 Å². The van der Waals surface area contributed by atoms with E-state index in [-0.39, 0.29) is 17.5 Å². The minimum absolute atomic E-state index is 0.175. The van der Waals surface area contributed by atoms with Crippen molar-refractivity contribution >= 4 is 40.7 Å². The number of carbonyl (C=O) groups is 1. The van der Waals surface area contributed by atoms with Crippen molar-refractivity contribution in [3.63, 3.8) is 0 Å². The fourth-order valence-corrected chi connectivity index (χ4v) is 2.22. The third-order valence-electron chi connectivity index (χ3n) is 2.38. The molecule has 1 N–H and O–H groups in total. The van der Waals surface area contributed by atoms with Gasteiger partial charge in [-0.25, -0.2) is 0 Å². The van der Waals surface area contributed by atoms with E-state index in [1.165, 1.54) is 0 Å². The first kappa shape index (κ1) is 15.6. The van der Waals surface area contributed by atoms with E-state index in [0.717, 1.165) is 0 Å². The molecule has 1 rings (SSSR count). The zero-order valence-electron chi connectivity index (χ0n) is 9.88. The highest BCUT2D eigenvalue weighted by Gasteiger charge is 2.17. The molecule has 3 nitrogen and oxygen atoms in total. The Hall–Kier alpha value is -0.480. The molecule has 0 aromatic heterocycles. The predicted molar refractivity (Wildman–Crippen MR) is 74.9 cm³/mol. The Morgan fingerprint density at radius 2 is 2.00 bits per heavy atom. The minimum atomic E-state index is -0.327. The monoisotopic (exact) mass is 309 g/mol. The molecule has 6 heteroatoms. The van der Waals surface area contributed by atoms with E-state index in [0.29, 0.717) is 29.0 Å². The van der Waals surface area contributed by atoms with Crippen molar-refractivity contribution in [3.8, 4) is 0 Å². The van der Waals surface area contributed by atoms with Crippen LogP contribution in [0, 0.1) is 0 Å². The van der Waals surface area contributed by atoms with Gasteiger partial charge in [-0.15, -0.1) is 11.6 Å². The second-order valence-electron chi connectivity index (χ2n) is 3.70. The van der Waals surface area contributed by atoms with Crippen LogP contribution in [0.25, 0.3) is 0 Å². The van der Waals surface area contributed by atoms with Crippen LogP contribution in [-0.4, -0.2) is 31.5 Å². The van der Waals surface area contributed by atoms with Gasteiger partial charge in [0.1, 0.15) is 0 Å². The Bertz CT molecular complexity index is 392. The third kappa shape index (κ3) is 4.32. The van der Waals surface area contributed by atoms with Gasteiger partial charge in [-0.2, -0.15) is 0 Å². The number of rotatable bonds is 6. The zero-order valence-corrected chi connectivity index (χ0v) is 12.1. The van der Waals surface area contributed by atoms with E-state index < -0.39 is 0 Å². The maximum absolute atomic E-state index is 12.0. The first-order chi connectivity index (χ1) is 8.60. The number of benzene rings is 1. The van der Waals surface area contributed by atoms with E-state index in [1.54, 1.807) is 25.3 Å². The first-order valence-corrected chi connectivity index (χ1v) is 6.69. The fraction of sp³-hybridized carbons (Fsp3) is 0.417. The van der Waals surface area contributed by atoms with Crippen LogP contribution in [0.15, 0.2) is 18.2 Å². The quantitative estimate of drug-likeness (QED) is 0.818. The molecule has 1 aromatic rings. The van der Waals surface area contributed by atoms with Crippen molar-refractivity contribution < 1.29 is 9.53 Å². The van der Waals surface area contributed by atoms with E-state index in [2.05, 4.69) is 5.32 Å². The Morgan fingerprint density at radius 1 is 1.39 bits per heavy atom. The van der Waals surface area contributed by atoms with Gasteiger partial charge < -0.3 is 10.1 Å². The molecular weight excluding hydrogens is 296 g/mol. The summed E-state index contributed by atoms with van der Waals surface area (Å²) >= 11 is 17.7. The van der Waals surface area contributed by atoms with Crippen molar-refractivity contribution in [3.05, 3.63) is 33.8 Å². The lowest BCUT2D eigenvalue weighted by Crippen LogP contribution is -2.37. The van der Waals surface area contributed by atoms with Crippen molar-refractivity contribution in [2.45, 2.75) is 12.5 Å². The summed E-state index contributed by atoms with van der Waals surface area (Å²) in [6.45, 7) is 0.522. The fourth-order valence-electron chi connectivity index (χ4n) is 1.42. The van der Waals surface area contributed by atoms with Crippen LogP contribution in [-0.2, 0) is 4.74 Å². The molecule has 0 aliphatic heterocycles. The summed E-state index contributed by atoms with van der Waals surface area (Å²) in [6.07, 6.45) is 0.633. The number of methoxy groups -OCH3 is 1. The summed E-state index contributed by atoms with van der Waals surface area (Å²) in [7, 11) is 1.60. The van der Waals surface area contributed by atoms with Crippen molar-refractivity contribution in [1.29, 1.82) is 0 Å². The van der Waals surface area contributed by atoms with Crippen LogP contribution in [0.2, 0.25) is 10.0 Å². The minimum Gasteiger partial charge on any atom is -0.385 e. The highest BCUT2D eigenvalue weighted by molar-refractivity contribution is 6.39. The molecule has 0 spiro atoms. The van der Waals surface area contributed by atoms with Gasteiger partial charge in [0.2, 0.25) is 0 Å². The summed E-state index contributed by atoms with van der Waals surface area (Å²) in [5, 5.41) is 3.42. The number of alkyl halides is 1. The Labute approximate surface area is 121 Å². The van der Waals surface area contributed by atoms with Gasteiger partial charge in [0, 0.05) is 25.6 Å². The lowest BCUT2D eigenvalue weighted by atomic mass is 10.1. The smallest absolute Gasteiger partial charge is 0.254 e. The molecule has 0 fully saturated rings. The molecule has 0 bridgehead atoms. The highest BCUT2D eigenvalue weighted by atomic mass is 35.5. The van der Waals surface area contributed by atoms with Crippen molar-refractivity contribution in [2.75, 3.05) is 19.6 Å². The summed E-state index contributed by atoms with van der Waals surface area (Å²) in [5.74, 6) is -0.0238. The maximum atomic E-state index is 12.0. The standard InChI is InChI=1S/C12H14Cl3NO2/c1-18-6-5-8(7-13)16-12(17)11-9(14)3-2-4-10(11)15/h2-4,8H,5-7H2,1H3,(H,16,17). The molecule has 0 radical (unpaired) electrons. The summed E-state index contributed by atoms with van der Waals surface area (Å²) in [6, 6.07) is 4.75. The molecule has 0 aliphatic carbocycles. The molecule has 1 atom stereocenters. The average molecular weight is 311 g/mol. The van der Waals surface area contributed by atoms with E-state index >= 15 is 0 Å². The third-order valence-corrected chi connectivity index (χ3v) is 3.38. The van der Waals surface area contributed by atoms with Gasteiger partial charge >= 0.3 is 0 Å². The lowest BCUT2D eigenvalue weighted by molar-refractivity contribution is 0.0930. The first-order valence-electron chi connectivity index (χ1n) is 5.40. The van der Waals surface area contributed by atoms with Crippen LogP contribution < -0.4 is 5.32 Å². The number of nitrogens with one attached hydrogen (secondary N) is 1. The summed E-state index contributed by atoms with van der Waals surface area (Å²) in [5.41, 5.74) is 0.272. The van der Waals surface area contributed by atoms with Gasteiger partial charge in [-0.1, -0.05) is 29.3 Å². The molecular formula is C12H14Cl3NO2. The SMILES string of the molecule is COCCC(CCl)NC(=O)c1c(Cl)cccc1Cl. The molecule has 18 heavy (non-hydrogen) atoms. The molecule has 0 heterocycles. The number of hydrogen-bond acceptors (Lipinski definition) is 2. The molecule has 1 aromatic carbocycles. The number of amides is 1. The molecule has 100 valence electrons. The largest absolute Gasteiger partial charge is 0.385 e. The van der Waals surface area contributed by atoms with Gasteiger partial charge in [0.15, 0.2) is 0 Å². The summed E-state index contributed by atoms with van der Waals surface area (Å²) < 4.78 is 4.95. The number of ether oxygens (including phenoxy) is 1. The molecule has 0 saturated heterocycles. The Balaban J connectivity index is 2.75. The average Bonchev–Trinajstić information content (AvgIpc) is 2.34. The number of hydrogen-bond donors (Lipinski definition) is 1. The van der Waals surface area contributed by atoms with Gasteiger partial charge in [-0.3, -0.25) is 4.79 Å². The van der Waals surface area contributed by atoms with Crippen molar-refractivity contribution in [1.82, 2.24) is 5.32 Å². The van der Waals surface area contributed by atoms with Crippen LogP contribution in [0.4, 0.5) is 0 Å². The van der Waals surface area contributed by atoms with Crippen LogP contribution in [0.5, 0.6) is 0 Å². The molecule has 0 saturated carbocycles. The number of halogens is 3.